The van der Waals surface area contributed by atoms with Crippen LogP contribution in [0, 0.1) is 5.92 Å². The summed E-state index contributed by atoms with van der Waals surface area (Å²) in [5.41, 5.74) is 0. The average Bonchev–Trinajstić information content (AvgIpc) is 1.80. The highest BCUT2D eigenvalue weighted by Gasteiger charge is 1.79. The van der Waals surface area contributed by atoms with E-state index in [-0.39, 0.29) is 0 Å². The van der Waals surface area contributed by atoms with E-state index in [1.807, 2.05) is 6.92 Å². The Morgan fingerprint density at radius 2 is 1.89 bits per heavy atom. The molecule has 0 fully saturated rings. The van der Waals surface area contributed by atoms with Gasteiger partial charge in [0.05, 0.1) is 0 Å². The van der Waals surface area contributed by atoms with Gasteiger partial charge in [-0.1, -0.05) is 38.2 Å². The largest absolute Gasteiger partial charge is 0.0914 e. The first-order chi connectivity index (χ1) is 4.27. The topological polar surface area (TPSA) is 0 Å². The van der Waals surface area contributed by atoms with Crippen molar-refractivity contribution in [2.75, 3.05) is 0 Å². The van der Waals surface area contributed by atoms with Crippen LogP contribution in [0.15, 0.2) is 24.3 Å². The second-order valence-corrected chi connectivity index (χ2v) is 2.48. The van der Waals surface area contributed by atoms with Crippen molar-refractivity contribution in [3.05, 3.63) is 24.3 Å². The van der Waals surface area contributed by atoms with Crippen LogP contribution in [-0.4, -0.2) is 0 Å². The third-order valence-corrected chi connectivity index (χ3v) is 1.03. The first-order valence-corrected chi connectivity index (χ1v) is 3.55. The zero-order chi connectivity index (χ0) is 7.11. The van der Waals surface area contributed by atoms with E-state index in [2.05, 4.69) is 38.2 Å². The maximum atomic E-state index is 2.22. The van der Waals surface area contributed by atoms with Gasteiger partial charge in [0, 0.05) is 0 Å². The van der Waals surface area contributed by atoms with Crippen molar-refractivity contribution in [3.8, 4) is 0 Å². The summed E-state index contributed by atoms with van der Waals surface area (Å²) in [4.78, 5) is 0. The first kappa shape index (κ1) is 8.48. The second kappa shape index (κ2) is 5.61. The molecule has 0 aromatic carbocycles. The summed E-state index contributed by atoms with van der Waals surface area (Å²) in [5, 5.41) is 0. The Labute approximate surface area is 58.3 Å². The molecule has 0 nitrogen and oxygen atoms in total. The predicted molar refractivity (Wildman–Crippen MR) is 43.4 cm³/mol. The van der Waals surface area contributed by atoms with Crippen LogP contribution >= 0.6 is 0 Å². The quantitative estimate of drug-likeness (QED) is 0.507. The molecule has 0 aromatic rings. The number of rotatable bonds is 3. The summed E-state index contributed by atoms with van der Waals surface area (Å²) < 4.78 is 0. The van der Waals surface area contributed by atoms with Crippen LogP contribution < -0.4 is 0 Å². The average molecular weight is 124 g/mol. The van der Waals surface area contributed by atoms with Crippen molar-refractivity contribution in [1.29, 1.82) is 0 Å². The molecule has 0 saturated carbocycles. The molecule has 0 atom stereocenters. The zero-order valence-corrected chi connectivity index (χ0v) is 6.59. The highest BCUT2D eigenvalue weighted by Crippen LogP contribution is 1.95. The molecule has 0 amide bonds. The van der Waals surface area contributed by atoms with Gasteiger partial charge in [-0.3, -0.25) is 0 Å². The maximum Gasteiger partial charge on any atom is -0.0169 e. The summed E-state index contributed by atoms with van der Waals surface area (Å²) in [5.74, 6) is 0.690. The Morgan fingerprint density at radius 3 is 2.33 bits per heavy atom. The van der Waals surface area contributed by atoms with Gasteiger partial charge in [0.1, 0.15) is 0 Å². The summed E-state index contributed by atoms with van der Waals surface area (Å²) in [6.45, 7) is 6.42. The fourth-order valence-corrected chi connectivity index (χ4v) is 0.565. The van der Waals surface area contributed by atoms with Gasteiger partial charge >= 0.3 is 0 Å². The van der Waals surface area contributed by atoms with Gasteiger partial charge in [0.25, 0.3) is 0 Å². The van der Waals surface area contributed by atoms with E-state index in [9.17, 15) is 0 Å². The first-order valence-electron chi connectivity index (χ1n) is 3.55. The number of allylic oxidation sites excluding steroid dienone is 4. The van der Waals surface area contributed by atoms with Crippen molar-refractivity contribution in [1.82, 2.24) is 0 Å². The van der Waals surface area contributed by atoms with Gasteiger partial charge in [-0.05, 0) is 19.3 Å². The van der Waals surface area contributed by atoms with E-state index in [0.717, 1.165) is 6.42 Å². The Morgan fingerprint density at radius 1 is 1.22 bits per heavy atom. The van der Waals surface area contributed by atoms with Gasteiger partial charge in [-0.15, -0.1) is 0 Å². The van der Waals surface area contributed by atoms with Crippen molar-refractivity contribution in [2.45, 2.75) is 27.2 Å². The molecular formula is C9H16. The van der Waals surface area contributed by atoms with Crippen molar-refractivity contribution < 1.29 is 0 Å². The molecule has 0 unspecified atom stereocenters. The zero-order valence-electron chi connectivity index (χ0n) is 6.59. The highest BCUT2D eigenvalue weighted by atomic mass is 13.9. The van der Waals surface area contributed by atoms with Crippen LogP contribution in [0.4, 0.5) is 0 Å². The van der Waals surface area contributed by atoms with Crippen molar-refractivity contribution in [3.63, 3.8) is 0 Å². The molecule has 0 aromatic heterocycles. The monoisotopic (exact) mass is 124 g/mol. The lowest BCUT2D eigenvalue weighted by molar-refractivity contribution is 0.828. The minimum absolute atomic E-state index is 0.690. The minimum atomic E-state index is 0.690. The van der Waals surface area contributed by atoms with E-state index in [0.29, 0.717) is 5.92 Å². The van der Waals surface area contributed by atoms with Crippen LogP contribution in [0.2, 0.25) is 0 Å². The predicted octanol–water partition coefficient (Wildman–Crippen LogP) is 3.16. The molecule has 0 heteroatoms. The third-order valence-electron chi connectivity index (χ3n) is 1.03. The van der Waals surface area contributed by atoms with E-state index < -0.39 is 0 Å². The van der Waals surface area contributed by atoms with Crippen LogP contribution in [-0.2, 0) is 0 Å². The molecule has 0 aliphatic rings. The number of hydrogen-bond donors (Lipinski definition) is 0. The SMILES string of the molecule is C/C=C\C/C=C\C(C)C. The van der Waals surface area contributed by atoms with Crippen LogP contribution in [0.3, 0.4) is 0 Å². The van der Waals surface area contributed by atoms with E-state index in [1.54, 1.807) is 0 Å². The van der Waals surface area contributed by atoms with Crippen LogP contribution in [0.1, 0.15) is 27.2 Å². The van der Waals surface area contributed by atoms with Gasteiger partial charge in [-0.2, -0.15) is 0 Å². The third kappa shape index (κ3) is 7.48. The summed E-state index contributed by atoms with van der Waals surface area (Å²) in [7, 11) is 0. The minimum Gasteiger partial charge on any atom is -0.0914 e. The Bertz CT molecular complexity index is 96.6. The van der Waals surface area contributed by atoms with E-state index in [1.165, 1.54) is 0 Å². The Hall–Kier alpha value is -0.520. The van der Waals surface area contributed by atoms with E-state index >= 15 is 0 Å². The molecule has 0 aliphatic carbocycles. The normalized spacial score (nSPS) is 12.4. The standard InChI is InChI=1S/C9H16/c1-4-5-6-7-8-9(2)3/h4-5,7-9H,6H2,1-3H3/b5-4-,8-7-. The maximum absolute atomic E-state index is 2.22. The van der Waals surface area contributed by atoms with Gasteiger partial charge in [0.15, 0.2) is 0 Å². The smallest absolute Gasteiger partial charge is 0.0169 e. The molecule has 52 valence electrons. The number of hydrogen-bond acceptors (Lipinski definition) is 0. The van der Waals surface area contributed by atoms with Crippen LogP contribution in [0.5, 0.6) is 0 Å². The fraction of sp³-hybridized carbons (Fsp3) is 0.556. The molecule has 0 N–H and O–H groups in total. The lowest BCUT2D eigenvalue weighted by atomic mass is 10.2. The molecule has 9 heavy (non-hydrogen) atoms. The summed E-state index contributed by atoms with van der Waals surface area (Å²) in [6, 6.07) is 0. The Balaban J connectivity index is 3.25. The molecule has 0 saturated heterocycles. The van der Waals surface area contributed by atoms with Gasteiger partial charge in [-0.25, -0.2) is 0 Å². The molecule has 0 spiro atoms. The fourth-order valence-electron chi connectivity index (χ4n) is 0.565. The lowest BCUT2D eigenvalue weighted by Gasteiger charge is -1.89. The Kier molecular flexibility index (Phi) is 5.29. The van der Waals surface area contributed by atoms with Crippen molar-refractivity contribution in [2.24, 2.45) is 5.92 Å². The summed E-state index contributed by atoms with van der Waals surface area (Å²) >= 11 is 0. The second-order valence-electron chi connectivity index (χ2n) is 2.48. The highest BCUT2D eigenvalue weighted by molar-refractivity contribution is 4.92. The molecule has 0 aliphatic heterocycles. The molecule has 0 radical (unpaired) electrons. The molecule has 0 rings (SSSR count). The molecule has 0 heterocycles. The molecule has 0 bridgehead atoms. The van der Waals surface area contributed by atoms with E-state index in [4.69, 9.17) is 0 Å². The van der Waals surface area contributed by atoms with Gasteiger partial charge in [0.2, 0.25) is 0 Å². The summed E-state index contributed by atoms with van der Waals surface area (Å²) in [6.07, 6.45) is 9.73. The van der Waals surface area contributed by atoms with Crippen molar-refractivity contribution >= 4 is 0 Å². The molecular weight excluding hydrogens is 108 g/mol. The lowest BCUT2D eigenvalue weighted by Crippen LogP contribution is -1.75. The van der Waals surface area contributed by atoms with Crippen LogP contribution in [0.25, 0.3) is 0 Å². The van der Waals surface area contributed by atoms with Gasteiger partial charge < -0.3 is 0 Å².